The van der Waals surface area contributed by atoms with Gasteiger partial charge in [-0.1, -0.05) is 0 Å². The average molecular weight is 282 g/mol. The lowest BCUT2D eigenvalue weighted by molar-refractivity contribution is 1.29. The smallest absolute Gasteiger partial charge is 0.0357 e. The molecule has 2 rings (SSSR count). The lowest BCUT2D eigenvalue weighted by Gasteiger charge is -2.01. The normalized spacial score (nSPS) is 9.92. The quantitative estimate of drug-likeness (QED) is 0.752. The summed E-state index contributed by atoms with van der Waals surface area (Å²) in [4.78, 5) is 8.07. The maximum Gasteiger partial charge on any atom is 0.0357 e. The Morgan fingerprint density at radius 2 is 1.62 bits per heavy atom. The Morgan fingerprint density at radius 3 is 2.31 bits per heavy atom. The molecule has 0 saturated carbocycles. The Hall–Kier alpha value is -0.970. The fourth-order valence-corrected chi connectivity index (χ4v) is 1.73. The van der Waals surface area contributed by atoms with Crippen molar-refractivity contribution in [1.29, 1.82) is 0 Å². The molecule has 13 heavy (non-hydrogen) atoms. The SMILES string of the molecule is Ic1ccncc1-c1ccncc1. The Morgan fingerprint density at radius 1 is 0.923 bits per heavy atom. The van der Waals surface area contributed by atoms with Gasteiger partial charge in [0.2, 0.25) is 0 Å². The molecule has 2 nitrogen and oxygen atoms in total. The van der Waals surface area contributed by atoms with Crippen molar-refractivity contribution in [3.8, 4) is 11.1 Å². The average Bonchev–Trinajstić information content (AvgIpc) is 2.20. The Kier molecular flexibility index (Phi) is 2.54. The Labute approximate surface area is 90.2 Å². The van der Waals surface area contributed by atoms with Crippen LogP contribution in [-0.4, -0.2) is 9.97 Å². The topological polar surface area (TPSA) is 25.8 Å². The van der Waals surface area contributed by atoms with Gasteiger partial charge in [-0.25, -0.2) is 0 Å². The van der Waals surface area contributed by atoms with Crippen molar-refractivity contribution in [3.05, 3.63) is 46.6 Å². The van der Waals surface area contributed by atoms with Crippen LogP contribution in [0.4, 0.5) is 0 Å². The molecule has 0 radical (unpaired) electrons. The number of pyridine rings is 2. The van der Waals surface area contributed by atoms with Gasteiger partial charge in [0.25, 0.3) is 0 Å². The summed E-state index contributed by atoms with van der Waals surface area (Å²) in [6.45, 7) is 0. The zero-order chi connectivity index (χ0) is 9.10. The summed E-state index contributed by atoms with van der Waals surface area (Å²) in [5.74, 6) is 0. The third-order valence-electron chi connectivity index (χ3n) is 1.76. The summed E-state index contributed by atoms with van der Waals surface area (Å²) in [6, 6.07) is 5.97. The van der Waals surface area contributed by atoms with E-state index in [1.165, 1.54) is 3.57 Å². The van der Waals surface area contributed by atoms with Crippen molar-refractivity contribution in [2.24, 2.45) is 0 Å². The monoisotopic (exact) mass is 282 g/mol. The summed E-state index contributed by atoms with van der Waals surface area (Å²) in [5, 5.41) is 0. The van der Waals surface area contributed by atoms with E-state index in [0.29, 0.717) is 0 Å². The minimum absolute atomic E-state index is 1.16. The summed E-state index contributed by atoms with van der Waals surface area (Å²) >= 11 is 2.30. The minimum Gasteiger partial charge on any atom is -0.265 e. The summed E-state index contributed by atoms with van der Waals surface area (Å²) in [6.07, 6.45) is 7.25. The minimum atomic E-state index is 1.16. The fraction of sp³-hybridized carbons (Fsp3) is 0. The fourth-order valence-electron chi connectivity index (χ4n) is 1.12. The van der Waals surface area contributed by atoms with Crippen molar-refractivity contribution >= 4 is 22.6 Å². The molecule has 0 aliphatic carbocycles. The maximum atomic E-state index is 4.10. The predicted molar refractivity (Wildman–Crippen MR) is 60.2 cm³/mol. The number of hydrogen-bond acceptors (Lipinski definition) is 2. The van der Waals surface area contributed by atoms with Gasteiger partial charge < -0.3 is 0 Å². The van der Waals surface area contributed by atoms with Gasteiger partial charge >= 0.3 is 0 Å². The van der Waals surface area contributed by atoms with E-state index < -0.39 is 0 Å². The lowest BCUT2D eigenvalue weighted by atomic mass is 10.1. The van der Waals surface area contributed by atoms with Crippen LogP contribution in [0.2, 0.25) is 0 Å². The molecule has 0 unspecified atom stereocenters. The second kappa shape index (κ2) is 3.83. The van der Waals surface area contributed by atoms with Gasteiger partial charge in [0.05, 0.1) is 0 Å². The molecule has 2 aromatic rings. The van der Waals surface area contributed by atoms with E-state index in [-0.39, 0.29) is 0 Å². The number of aromatic nitrogens is 2. The van der Waals surface area contributed by atoms with Gasteiger partial charge in [0, 0.05) is 33.9 Å². The molecule has 0 saturated heterocycles. The van der Waals surface area contributed by atoms with Crippen molar-refractivity contribution in [3.63, 3.8) is 0 Å². The zero-order valence-electron chi connectivity index (χ0n) is 6.81. The number of rotatable bonds is 1. The van der Waals surface area contributed by atoms with Crippen LogP contribution in [-0.2, 0) is 0 Å². The highest BCUT2D eigenvalue weighted by Gasteiger charge is 2.00. The van der Waals surface area contributed by atoms with Crippen LogP contribution >= 0.6 is 22.6 Å². The molecule has 0 amide bonds. The maximum absolute atomic E-state index is 4.10. The second-order valence-electron chi connectivity index (χ2n) is 2.59. The third kappa shape index (κ3) is 1.85. The van der Waals surface area contributed by atoms with Gasteiger partial charge in [-0.15, -0.1) is 0 Å². The summed E-state index contributed by atoms with van der Waals surface area (Å²) in [7, 11) is 0. The van der Waals surface area contributed by atoms with E-state index in [1.807, 2.05) is 24.4 Å². The first-order chi connectivity index (χ1) is 6.38. The van der Waals surface area contributed by atoms with Crippen LogP contribution in [0.1, 0.15) is 0 Å². The van der Waals surface area contributed by atoms with Crippen molar-refractivity contribution in [2.45, 2.75) is 0 Å². The largest absolute Gasteiger partial charge is 0.265 e. The third-order valence-corrected chi connectivity index (χ3v) is 2.70. The Bertz CT molecular complexity index is 401. The first-order valence-corrected chi connectivity index (χ1v) is 4.96. The van der Waals surface area contributed by atoms with Crippen molar-refractivity contribution < 1.29 is 0 Å². The second-order valence-corrected chi connectivity index (χ2v) is 3.75. The van der Waals surface area contributed by atoms with Crippen LogP contribution < -0.4 is 0 Å². The standard InChI is InChI=1S/C10H7IN2/c11-10-3-6-13-7-9(10)8-1-4-12-5-2-8/h1-7H. The van der Waals surface area contributed by atoms with Gasteiger partial charge in [-0.3, -0.25) is 9.97 Å². The molecule has 3 heteroatoms. The molecule has 64 valence electrons. The molecule has 0 fully saturated rings. The van der Waals surface area contributed by atoms with Crippen molar-refractivity contribution in [1.82, 2.24) is 9.97 Å². The molecule has 0 spiro atoms. The molecule has 0 atom stereocenters. The summed E-state index contributed by atoms with van der Waals surface area (Å²) in [5.41, 5.74) is 2.32. The highest BCUT2D eigenvalue weighted by molar-refractivity contribution is 14.1. The predicted octanol–water partition coefficient (Wildman–Crippen LogP) is 2.75. The first-order valence-electron chi connectivity index (χ1n) is 3.88. The van der Waals surface area contributed by atoms with E-state index in [0.717, 1.165) is 11.1 Å². The van der Waals surface area contributed by atoms with Gasteiger partial charge in [-0.2, -0.15) is 0 Å². The number of hydrogen-bond donors (Lipinski definition) is 0. The van der Waals surface area contributed by atoms with Crippen LogP contribution in [0.25, 0.3) is 11.1 Å². The molecule has 0 N–H and O–H groups in total. The first kappa shape index (κ1) is 8.62. The van der Waals surface area contributed by atoms with Gasteiger partial charge in [0.15, 0.2) is 0 Å². The van der Waals surface area contributed by atoms with E-state index in [9.17, 15) is 0 Å². The molecule has 0 aliphatic rings. The van der Waals surface area contributed by atoms with E-state index in [2.05, 4.69) is 32.6 Å². The molecule has 2 aromatic heterocycles. The molecule has 2 heterocycles. The van der Waals surface area contributed by atoms with Crippen molar-refractivity contribution in [2.75, 3.05) is 0 Å². The highest BCUT2D eigenvalue weighted by Crippen LogP contribution is 2.22. The zero-order valence-corrected chi connectivity index (χ0v) is 8.97. The molecular weight excluding hydrogens is 275 g/mol. The van der Waals surface area contributed by atoms with E-state index in [1.54, 1.807) is 18.6 Å². The van der Waals surface area contributed by atoms with Crippen LogP contribution in [0.5, 0.6) is 0 Å². The molecule has 0 bridgehead atoms. The van der Waals surface area contributed by atoms with E-state index >= 15 is 0 Å². The molecular formula is C10H7IN2. The van der Waals surface area contributed by atoms with Crippen LogP contribution in [0, 0.1) is 3.57 Å². The lowest BCUT2D eigenvalue weighted by Crippen LogP contribution is -1.84. The van der Waals surface area contributed by atoms with Gasteiger partial charge in [-0.05, 0) is 46.4 Å². The Balaban J connectivity index is 2.54. The van der Waals surface area contributed by atoms with E-state index in [4.69, 9.17) is 0 Å². The summed E-state index contributed by atoms with van der Waals surface area (Å²) < 4.78 is 1.21. The van der Waals surface area contributed by atoms with Gasteiger partial charge in [0.1, 0.15) is 0 Å². The number of nitrogens with zero attached hydrogens (tertiary/aromatic N) is 2. The van der Waals surface area contributed by atoms with Crippen LogP contribution in [0.3, 0.4) is 0 Å². The van der Waals surface area contributed by atoms with Crippen LogP contribution in [0.15, 0.2) is 43.0 Å². The molecule has 0 aliphatic heterocycles. The number of halogens is 1. The molecule has 0 aromatic carbocycles. The highest BCUT2D eigenvalue weighted by atomic mass is 127.